The molecule has 0 aromatic heterocycles. The van der Waals surface area contributed by atoms with Gasteiger partial charge in [0.1, 0.15) is 5.92 Å². The summed E-state index contributed by atoms with van der Waals surface area (Å²) in [6, 6.07) is 0. The second-order valence-corrected chi connectivity index (χ2v) is 5.87. The molecule has 1 N–H and O–H groups in total. The van der Waals surface area contributed by atoms with Gasteiger partial charge in [-0.25, -0.2) is 0 Å². The van der Waals surface area contributed by atoms with Crippen LogP contribution in [0, 0.1) is 17.3 Å². The second-order valence-electron chi connectivity index (χ2n) is 5.87. The van der Waals surface area contributed by atoms with Gasteiger partial charge in [-0.2, -0.15) is 0 Å². The van der Waals surface area contributed by atoms with Gasteiger partial charge in [-0.05, 0) is 11.3 Å². The second kappa shape index (κ2) is 6.03. The van der Waals surface area contributed by atoms with Crippen molar-refractivity contribution in [2.24, 2.45) is 17.3 Å². The van der Waals surface area contributed by atoms with Crippen LogP contribution in [0.3, 0.4) is 0 Å². The van der Waals surface area contributed by atoms with Gasteiger partial charge < -0.3 is 10.0 Å². The quantitative estimate of drug-likeness (QED) is 0.753. The molecule has 0 aliphatic heterocycles. The van der Waals surface area contributed by atoms with E-state index in [1.807, 2.05) is 0 Å². The Morgan fingerprint density at radius 2 is 1.76 bits per heavy atom. The molecule has 4 nitrogen and oxygen atoms in total. The number of aliphatic carboxylic acids is 1. The van der Waals surface area contributed by atoms with Gasteiger partial charge in [-0.3, -0.25) is 9.59 Å². The van der Waals surface area contributed by atoms with E-state index in [4.69, 9.17) is 0 Å². The number of carbonyl (C=O) groups excluding carboxylic acids is 1. The van der Waals surface area contributed by atoms with E-state index in [2.05, 4.69) is 13.8 Å². The maximum Gasteiger partial charge on any atom is 0.316 e. The van der Waals surface area contributed by atoms with E-state index >= 15 is 0 Å². The Morgan fingerprint density at radius 3 is 2.06 bits per heavy atom. The summed E-state index contributed by atoms with van der Waals surface area (Å²) in [5.74, 6) is -1.93. The van der Waals surface area contributed by atoms with Gasteiger partial charge in [0.05, 0.1) is 0 Å². The lowest BCUT2D eigenvalue weighted by Crippen LogP contribution is -2.44. The van der Waals surface area contributed by atoms with Gasteiger partial charge in [0.25, 0.3) is 0 Å². The standard InChI is InChI=1S/C13H25NO3/c1-7-9(2)8-14(6)11(15)10(12(16)17)13(3,4)5/h9-10H,7-8H2,1-6H3,(H,16,17). The zero-order valence-electron chi connectivity index (χ0n) is 11.8. The first kappa shape index (κ1) is 15.9. The van der Waals surface area contributed by atoms with Crippen LogP contribution in [0.25, 0.3) is 0 Å². The molecule has 0 aromatic carbocycles. The zero-order valence-corrected chi connectivity index (χ0v) is 11.8. The summed E-state index contributed by atoms with van der Waals surface area (Å²) in [4.78, 5) is 24.9. The van der Waals surface area contributed by atoms with Gasteiger partial charge >= 0.3 is 5.97 Å². The van der Waals surface area contributed by atoms with Crippen molar-refractivity contribution in [3.05, 3.63) is 0 Å². The number of hydrogen-bond donors (Lipinski definition) is 1. The molecule has 4 heteroatoms. The monoisotopic (exact) mass is 243 g/mol. The summed E-state index contributed by atoms with van der Waals surface area (Å²) >= 11 is 0. The number of carboxylic acids is 1. The fourth-order valence-electron chi connectivity index (χ4n) is 1.75. The molecule has 0 rings (SSSR count). The first-order valence-electron chi connectivity index (χ1n) is 6.09. The van der Waals surface area contributed by atoms with Crippen molar-refractivity contribution in [3.63, 3.8) is 0 Å². The summed E-state index contributed by atoms with van der Waals surface area (Å²) in [5.41, 5.74) is -0.563. The van der Waals surface area contributed by atoms with E-state index in [0.717, 1.165) is 6.42 Å². The summed E-state index contributed by atoms with van der Waals surface area (Å²) in [6.45, 7) is 10.1. The van der Waals surface area contributed by atoms with E-state index in [1.165, 1.54) is 4.90 Å². The Morgan fingerprint density at radius 1 is 1.29 bits per heavy atom. The molecule has 0 radical (unpaired) electrons. The molecular weight excluding hydrogens is 218 g/mol. The van der Waals surface area contributed by atoms with Crippen LogP contribution in [0.2, 0.25) is 0 Å². The van der Waals surface area contributed by atoms with Gasteiger partial charge in [0.2, 0.25) is 5.91 Å². The van der Waals surface area contributed by atoms with Crippen LogP contribution in [0.4, 0.5) is 0 Å². The van der Waals surface area contributed by atoms with Crippen molar-refractivity contribution in [2.45, 2.75) is 41.0 Å². The largest absolute Gasteiger partial charge is 0.481 e. The Labute approximate surface area is 104 Å². The highest BCUT2D eigenvalue weighted by Crippen LogP contribution is 2.28. The minimum absolute atomic E-state index is 0.301. The lowest BCUT2D eigenvalue weighted by Gasteiger charge is -2.31. The Balaban J connectivity index is 4.80. The first-order valence-corrected chi connectivity index (χ1v) is 6.09. The van der Waals surface area contributed by atoms with Crippen molar-refractivity contribution < 1.29 is 14.7 Å². The highest BCUT2D eigenvalue weighted by atomic mass is 16.4. The maximum absolute atomic E-state index is 12.1. The van der Waals surface area contributed by atoms with Crippen LogP contribution in [0.15, 0.2) is 0 Å². The normalized spacial score (nSPS) is 15.2. The van der Waals surface area contributed by atoms with Crippen molar-refractivity contribution in [2.75, 3.05) is 13.6 Å². The number of nitrogens with zero attached hydrogens (tertiary/aromatic N) is 1. The number of carboxylic acid groups (broad SMARTS) is 1. The van der Waals surface area contributed by atoms with Crippen LogP contribution in [-0.4, -0.2) is 35.5 Å². The lowest BCUT2D eigenvalue weighted by molar-refractivity contribution is -0.155. The van der Waals surface area contributed by atoms with E-state index in [-0.39, 0.29) is 5.91 Å². The summed E-state index contributed by atoms with van der Waals surface area (Å²) in [6.07, 6.45) is 0.977. The average Bonchev–Trinajstić information content (AvgIpc) is 2.14. The van der Waals surface area contributed by atoms with Crippen molar-refractivity contribution >= 4 is 11.9 Å². The number of hydrogen-bond acceptors (Lipinski definition) is 2. The first-order chi connectivity index (χ1) is 7.61. The van der Waals surface area contributed by atoms with E-state index < -0.39 is 17.3 Å². The van der Waals surface area contributed by atoms with Gasteiger partial charge in [0.15, 0.2) is 0 Å². The number of rotatable bonds is 5. The third-order valence-electron chi connectivity index (χ3n) is 3.02. The molecule has 0 saturated carbocycles. The van der Waals surface area contributed by atoms with E-state index in [0.29, 0.717) is 12.5 Å². The van der Waals surface area contributed by atoms with Crippen LogP contribution in [0.1, 0.15) is 41.0 Å². The highest BCUT2D eigenvalue weighted by molar-refractivity contribution is 5.97. The maximum atomic E-state index is 12.1. The molecule has 0 aliphatic carbocycles. The molecule has 0 fully saturated rings. The molecular formula is C13H25NO3. The Hall–Kier alpha value is -1.06. The zero-order chi connectivity index (χ0) is 13.8. The fraction of sp³-hybridized carbons (Fsp3) is 0.846. The highest BCUT2D eigenvalue weighted by Gasteiger charge is 2.39. The summed E-state index contributed by atoms with van der Waals surface area (Å²) in [7, 11) is 1.68. The summed E-state index contributed by atoms with van der Waals surface area (Å²) in [5, 5.41) is 9.17. The molecule has 0 heterocycles. The molecule has 0 spiro atoms. The van der Waals surface area contributed by atoms with E-state index in [9.17, 15) is 14.7 Å². The number of amides is 1. The molecule has 0 saturated heterocycles. The van der Waals surface area contributed by atoms with Gasteiger partial charge in [0, 0.05) is 13.6 Å². The molecule has 17 heavy (non-hydrogen) atoms. The molecule has 1 amide bonds. The van der Waals surface area contributed by atoms with Crippen LogP contribution in [-0.2, 0) is 9.59 Å². The molecule has 0 aliphatic rings. The molecule has 2 atom stereocenters. The Kier molecular flexibility index (Phi) is 5.66. The van der Waals surface area contributed by atoms with Crippen molar-refractivity contribution in [1.82, 2.24) is 4.90 Å². The van der Waals surface area contributed by atoms with E-state index in [1.54, 1.807) is 27.8 Å². The predicted octanol–water partition coefficient (Wildman–Crippen LogP) is 2.24. The average molecular weight is 243 g/mol. The predicted molar refractivity (Wildman–Crippen MR) is 67.7 cm³/mol. The fourth-order valence-corrected chi connectivity index (χ4v) is 1.75. The third kappa shape index (κ3) is 4.75. The topological polar surface area (TPSA) is 57.6 Å². The van der Waals surface area contributed by atoms with Crippen molar-refractivity contribution in [1.29, 1.82) is 0 Å². The minimum atomic E-state index is -1.04. The number of carbonyl (C=O) groups is 2. The smallest absolute Gasteiger partial charge is 0.316 e. The minimum Gasteiger partial charge on any atom is -0.481 e. The SMILES string of the molecule is CCC(C)CN(C)C(=O)C(C(=O)O)C(C)(C)C. The van der Waals surface area contributed by atoms with Crippen molar-refractivity contribution in [3.8, 4) is 0 Å². The summed E-state index contributed by atoms with van der Waals surface area (Å²) < 4.78 is 0. The van der Waals surface area contributed by atoms with Crippen LogP contribution in [0.5, 0.6) is 0 Å². The van der Waals surface area contributed by atoms with Crippen LogP contribution < -0.4 is 0 Å². The third-order valence-corrected chi connectivity index (χ3v) is 3.02. The Bertz CT molecular complexity index is 281. The van der Waals surface area contributed by atoms with Gasteiger partial charge in [-0.1, -0.05) is 41.0 Å². The van der Waals surface area contributed by atoms with Gasteiger partial charge in [-0.15, -0.1) is 0 Å². The molecule has 2 unspecified atom stereocenters. The molecule has 0 bridgehead atoms. The molecule has 100 valence electrons. The lowest BCUT2D eigenvalue weighted by atomic mass is 9.80. The van der Waals surface area contributed by atoms with Crippen LogP contribution >= 0.6 is 0 Å². The molecule has 0 aromatic rings.